The zero-order chi connectivity index (χ0) is 16.4. The number of rotatable bonds is 5. The molecule has 0 amide bonds. The first-order valence-corrected chi connectivity index (χ1v) is 8.85. The predicted molar refractivity (Wildman–Crippen MR) is 84.6 cm³/mol. The molecule has 1 aliphatic heterocycles. The first kappa shape index (κ1) is 17.2. The van der Waals surface area contributed by atoms with Gasteiger partial charge >= 0.3 is 0 Å². The van der Waals surface area contributed by atoms with Gasteiger partial charge in [0.1, 0.15) is 0 Å². The van der Waals surface area contributed by atoms with Crippen LogP contribution in [0.4, 0.5) is 5.69 Å². The SMILES string of the molecule is CC1(CCNc2ccc(S(=O)(=O)C(C)(C)C)nc2)OCCO1. The number of nitrogens with one attached hydrogen (secondary N) is 1. The Morgan fingerprint density at radius 1 is 1.27 bits per heavy atom. The Kier molecular flexibility index (Phi) is 4.79. The van der Waals surface area contributed by atoms with Crippen LogP contribution >= 0.6 is 0 Å². The van der Waals surface area contributed by atoms with Crippen molar-refractivity contribution in [2.75, 3.05) is 25.1 Å². The number of pyridine rings is 1. The molecule has 2 rings (SSSR count). The first-order chi connectivity index (χ1) is 10.1. The van der Waals surface area contributed by atoms with Crippen LogP contribution in [0.25, 0.3) is 0 Å². The number of ether oxygens (including phenoxy) is 2. The molecule has 6 nitrogen and oxygen atoms in total. The fourth-order valence-corrected chi connectivity index (χ4v) is 3.16. The quantitative estimate of drug-likeness (QED) is 0.893. The minimum absolute atomic E-state index is 0.0972. The van der Waals surface area contributed by atoms with Gasteiger partial charge in [-0.25, -0.2) is 13.4 Å². The van der Waals surface area contributed by atoms with Gasteiger partial charge in [-0.05, 0) is 39.8 Å². The summed E-state index contributed by atoms with van der Waals surface area (Å²) in [4.78, 5) is 4.07. The van der Waals surface area contributed by atoms with Crippen LogP contribution in [-0.4, -0.2) is 43.7 Å². The highest BCUT2D eigenvalue weighted by Crippen LogP contribution is 2.25. The van der Waals surface area contributed by atoms with Crippen molar-refractivity contribution in [3.8, 4) is 0 Å². The Bertz CT molecular complexity index is 599. The third-order valence-electron chi connectivity index (χ3n) is 3.62. The zero-order valence-electron chi connectivity index (χ0n) is 13.5. The summed E-state index contributed by atoms with van der Waals surface area (Å²) >= 11 is 0. The smallest absolute Gasteiger partial charge is 0.200 e. The topological polar surface area (TPSA) is 77.5 Å². The molecule has 0 bridgehead atoms. The Morgan fingerprint density at radius 2 is 1.91 bits per heavy atom. The molecular weight excluding hydrogens is 304 g/mol. The molecular formula is C15H24N2O4S. The number of hydrogen-bond donors (Lipinski definition) is 1. The maximum absolute atomic E-state index is 12.3. The lowest BCUT2D eigenvalue weighted by molar-refractivity contribution is -0.144. The van der Waals surface area contributed by atoms with Gasteiger partial charge in [0.2, 0.25) is 0 Å². The van der Waals surface area contributed by atoms with E-state index in [-0.39, 0.29) is 5.03 Å². The van der Waals surface area contributed by atoms with Gasteiger partial charge in [-0.1, -0.05) is 0 Å². The van der Waals surface area contributed by atoms with E-state index in [2.05, 4.69) is 10.3 Å². The van der Waals surface area contributed by atoms with Gasteiger partial charge in [-0.3, -0.25) is 0 Å². The van der Waals surface area contributed by atoms with Gasteiger partial charge in [-0.15, -0.1) is 0 Å². The predicted octanol–water partition coefficient (Wildman–Crippen LogP) is 2.22. The van der Waals surface area contributed by atoms with E-state index in [9.17, 15) is 8.42 Å². The second-order valence-corrected chi connectivity index (χ2v) is 9.16. The summed E-state index contributed by atoms with van der Waals surface area (Å²) in [6.45, 7) is 8.81. The van der Waals surface area contributed by atoms with Crippen molar-refractivity contribution in [2.24, 2.45) is 0 Å². The monoisotopic (exact) mass is 328 g/mol. The second-order valence-electron chi connectivity index (χ2n) is 6.51. The molecule has 2 heterocycles. The highest BCUT2D eigenvalue weighted by molar-refractivity contribution is 7.92. The Balaban J connectivity index is 1.95. The van der Waals surface area contributed by atoms with Crippen molar-refractivity contribution in [1.29, 1.82) is 0 Å². The van der Waals surface area contributed by atoms with Crippen LogP contribution in [-0.2, 0) is 19.3 Å². The van der Waals surface area contributed by atoms with Crippen molar-refractivity contribution in [3.63, 3.8) is 0 Å². The number of anilines is 1. The Hall–Kier alpha value is -1.18. The summed E-state index contributed by atoms with van der Waals surface area (Å²) in [6, 6.07) is 3.26. The lowest BCUT2D eigenvalue weighted by Gasteiger charge is -2.22. The van der Waals surface area contributed by atoms with E-state index < -0.39 is 20.4 Å². The molecule has 7 heteroatoms. The maximum atomic E-state index is 12.3. The van der Waals surface area contributed by atoms with Gasteiger partial charge in [0.25, 0.3) is 0 Å². The van der Waals surface area contributed by atoms with E-state index in [0.717, 1.165) is 5.69 Å². The van der Waals surface area contributed by atoms with E-state index in [1.165, 1.54) is 12.3 Å². The van der Waals surface area contributed by atoms with Gasteiger partial charge in [-0.2, -0.15) is 0 Å². The normalized spacial score (nSPS) is 18.4. The van der Waals surface area contributed by atoms with Crippen molar-refractivity contribution in [3.05, 3.63) is 18.3 Å². The minimum Gasteiger partial charge on any atom is -0.384 e. The fourth-order valence-electron chi connectivity index (χ4n) is 2.09. The van der Waals surface area contributed by atoms with E-state index >= 15 is 0 Å². The molecule has 1 N–H and O–H groups in total. The summed E-state index contributed by atoms with van der Waals surface area (Å²) in [7, 11) is -3.42. The Labute approximate surface area is 132 Å². The van der Waals surface area contributed by atoms with Crippen LogP contribution in [0.1, 0.15) is 34.1 Å². The first-order valence-electron chi connectivity index (χ1n) is 7.37. The van der Waals surface area contributed by atoms with Gasteiger partial charge in [0.15, 0.2) is 20.7 Å². The van der Waals surface area contributed by atoms with E-state index in [0.29, 0.717) is 26.2 Å². The molecule has 1 fully saturated rings. The average Bonchev–Trinajstić information content (AvgIpc) is 2.85. The molecule has 0 spiro atoms. The van der Waals surface area contributed by atoms with Gasteiger partial charge < -0.3 is 14.8 Å². The van der Waals surface area contributed by atoms with E-state index in [1.54, 1.807) is 26.8 Å². The van der Waals surface area contributed by atoms with Crippen LogP contribution in [0, 0.1) is 0 Å². The van der Waals surface area contributed by atoms with Crippen molar-refractivity contribution in [1.82, 2.24) is 4.98 Å². The third kappa shape index (κ3) is 3.77. The highest BCUT2D eigenvalue weighted by Gasteiger charge is 2.32. The van der Waals surface area contributed by atoms with E-state index in [1.807, 2.05) is 6.92 Å². The van der Waals surface area contributed by atoms with Crippen molar-refractivity contribution in [2.45, 2.75) is 49.7 Å². The largest absolute Gasteiger partial charge is 0.384 e. The van der Waals surface area contributed by atoms with Crippen molar-refractivity contribution < 1.29 is 17.9 Å². The molecule has 1 aromatic heterocycles. The highest BCUT2D eigenvalue weighted by atomic mass is 32.2. The second kappa shape index (κ2) is 6.14. The van der Waals surface area contributed by atoms with Crippen LogP contribution in [0.15, 0.2) is 23.4 Å². The molecule has 22 heavy (non-hydrogen) atoms. The summed E-state index contributed by atoms with van der Waals surface area (Å²) in [5.74, 6) is -0.532. The van der Waals surface area contributed by atoms with Crippen molar-refractivity contribution >= 4 is 15.5 Å². The molecule has 0 aromatic carbocycles. The molecule has 0 atom stereocenters. The summed E-state index contributed by atoms with van der Waals surface area (Å²) < 4.78 is 34.7. The fraction of sp³-hybridized carbons (Fsp3) is 0.667. The van der Waals surface area contributed by atoms with Crippen LogP contribution in [0.3, 0.4) is 0 Å². The van der Waals surface area contributed by atoms with Gasteiger partial charge in [0, 0.05) is 13.0 Å². The lowest BCUT2D eigenvalue weighted by atomic mass is 10.2. The lowest BCUT2D eigenvalue weighted by Crippen LogP contribution is -2.29. The van der Waals surface area contributed by atoms with E-state index in [4.69, 9.17) is 9.47 Å². The average molecular weight is 328 g/mol. The minimum atomic E-state index is -3.42. The molecule has 0 saturated carbocycles. The number of hydrogen-bond acceptors (Lipinski definition) is 6. The van der Waals surface area contributed by atoms with Gasteiger partial charge in [0.05, 0.1) is 29.8 Å². The summed E-state index contributed by atoms with van der Waals surface area (Å²) in [6.07, 6.45) is 2.24. The standard InChI is InChI=1S/C15H24N2O4S/c1-14(2,3)22(18,19)13-6-5-12(11-17-13)16-8-7-15(4)20-9-10-21-15/h5-6,11,16H,7-10H2,1-4H3. The number of nitrogens with zero attached hydrogens (tertiary/aromatic N) is 1. The molecule has 0 radical (unpaired) electrons. The number of aromatic nitrogens is 1. The summed E-state index contributed by atoms with van der Waals surface area (Å²) in [5.41, 5.74) is 0.773. The molecule has 0 aliphatic carbocycles. The maximum Gasteiger partial charge on any atom is 0.200 e. The van der Waals surface area contributed by atoms with Crippen LogP contribution in [0.2, 0.25) is 0 Å². The summed E-state index contributed by atoms with van der Waals surface area (Å²) in [5, 5.41) is 3.29. The Morgan fingerprint density at radius 3 is 2.41 bits per heavy atom. The van der Waals surface area contributed by atoms with Crippen LogP contribution in [0.5, 0.6) is 0 Å². The molecule has 1 aromatic rings. The molecule has 0 unspecified atom stereocenters. The molecule has 124 valence electrons. The zero-order valence-corrected chi connectivity index (χ0v) is 14.4. The molecule has 1 saturated heterocycles. The van der Waals surface area contributed by atoms with Crippen LogP contribution < -0.4 is 5.32 Å². The molecule has 1 aliphatic rings. The third-order valence-corrected chi connectivity index (χ3v) is 6.03. The number of sulfone groups is 1.